The van der Waals surface area contributed by atoms with Gasteiger partial charge in [0.2, 0.25) is 5.91 Å². The maximum absolute atomic E-state index is 13.5. The number of carbonyl (C=O) groups is 1. The number of carbonyl (C=O) groups excluding carboxylic acids is 1. The molecule has 86 valence electrons. The Balaban J connectivity index is 2.12. The normalized spacial score (nSPS) is 20.5. The van der Waals surface area contributed by atoms with Gasteiger partial charge >= 0.3 is 0 Å². The van der Waals surface area contributed by atoms with Crippen LogP contribution in [0.1, 0.15) is 6.42 Å². The SMILES string of the molecule is CN1CCC(Sc2ccc(N)cc2F)C1=O. The number of nitrogens with two attached hydrogens (primary N) is 1. The molecule has 0 spiro atoms. The van der Waals surface area contributed by atoms with Gasteiger partial charge in [-0.15, -0.1) is 11.8 Å². The largest absolute Gasteiger partial charge is 0.399 e. The average molecular weight is 240 g/mol. The molecule has 1 heterocycles. The second kappa shape index (κ2) is 4.33. The fraction of sp³-hybridized carbons (Fsp3) is 0.364. The maximum atomic E-state index is 13.5. The van der Waals surface area contributed by atoms with E-state index in [9.17, 15) is 9.18 Å². The first-order valence-corrected chi connectivity index (χ1v) is 5.92. The molecule has 0 bridgehead atoms. The van der Waals surface area contributed by atoms with Gasteiger partial charge in [0.15, 0.2) is 0 Å². The zero-order valence-electron chi connectivity index (χ0n) is 8.94. The van der Waals surface area contributed by atoms with E-state index < -0.39 is 0 Å². The van der Waals surface area contributed by atoms with E-state index in [-0.39, 0.29) is 17.0 Å². The van der Waals surface area contributed by atoms with Crippen LogP contribution in [-0.4, -0.2) is 29.6 Å². The van der Waals surface area contributed by atoms with Crippen LogP contribution in [0.2, 0.25) is 0 Å². The predicted octanol–water partition coefficient (Wildman–Crippen LogP) is 1.73. The van der Waals surface area contributed by atoms with Crippen molar-refractivity contribution < 1.29 is 9.18 Å². The van der Waals surface area contributed by atoms with Crippen molar-refractivity contribution in [1.82, 2.24) is 4.90 Å². The number of amides is 1. The number of anilines is 1. The van der Waals surface area contributed by atoms with Crippen LogP contribution in [0.5, 0.6) is 0 Å². The molecule has 0 radical (unpaired) electrons. The third-order valence-electron chi connectivity index (χ3n) is 2.60. The van der Waals surface area contributed by atoms with E-state index in [4.69, 9.17) is 5.73 Å². The van der Waals surface area contributed by atoms with Gasteiger partial charge in [0.05, 0.1) is 5.25 Å². The highest BCUT2D eigenvalue weighted by Crippen LogP contribution is 2.32. The standard InChI is InChI=1S/C11H13FN2OS/c1-14-5-4-10(11(14)15)16-9-3-2-7(13)6-8(9)12/h2-3,6,10H,4-5,13H2,1H3. The van der Waals surface area contributed by atoms with E-state index in [0.29, 0.717) is 10.6 Å². The Kier molecular flexibility index (Phi) is 3.05. The maximum Gasteiger partial charge on any atom is 0.235 e. The fourth-order valence-corrected chi connectivity index (χ4v) is 2.79. The Morgan fingerprint density at radius 1 is 1.56 bits per heavy atom. The van der Waals surface area contributed by atoms with Crippen LogP contribution in [-0.2, 0) is 4.79 Å². The van der Waals surface area contributed by atoms with E-state index in [1.807, 2.05) is 0 Å². The summed E-state index contributed by atoms with van der Waals surface area (Å²) in [6.45, 7) is 0.743. The monoisotopic (exact) mass is 240 g/mol. The Labute approximate surface area is 97.8 Å². The highest BCUT2D eigenvalue weighted by Gasteiger charge is 2.30. The summed E-state index contributed by atoms with van der Waals surface area (Å²) in [6.07, 6.45) is 0.768. The number of hydrogen-bond acceptors (Lipinski definition) is 3. The first-order valence-electron chi connectivity index (χ1n) is 5.04. The van der Waals surface area contributed by atoms with Crippen LogP contribution in [0.4, 0.5) is 10.1 Å². The number of rotatable bonds is 2. The number of halogens is 1. The Morgan fingerprint density at radius 3 is 2.88 bits per heavy atom. The van der Waals surface area contributed by atoms with Crippen LogP contribution < -0.4 is 5.73 Å². The average Bonchev–Trinajstić information content (AvgIpc) is 2.54. The molecule has 1 saturated heterocycles. The van der Waals surface area contributed by atoms with Crippen molar-refractivity contribution in [2.45, 2.75) is 16.6 Å². The smallest absolute Gasteiger partial charge is 0.235 e. The van der Waals surface area contributed by atoms with Gasteiger partial charge in [-0.2, -0.15) is 0 Å². The van der Waals surface area contributed by atoms with Gasteiger partial charge in [-0.1, -0.05) is 0 Å². The minimum Gasteiger partial charge on any atom is -0.399 e. The minimum absolute atomic E-state index is 0.0706. The molecule has 2 rings (SSSR count). The van der Waals surface area contributed by atoms with Crippen molar-refractivity contribution in [1.29, 1.82) is 0 Å². The third kappa shape index (κ3) is 2.14. The van der Waals surface area contributed by atoms with Gasteiger partial charge < -0.3 is 10.6 Å². The molecule has 1 unspecified atom stereocenters. The first kappa shape index (κ1) is 11.3. The molecular weight excluding hydrogens is 227 g/mol. The lowest BCUT2D eigenvalue weighted by Crippen LogP contribution is -2.23. The molecule has 1 amide bonds. The van der Waals surface area contributed by atoms with Crippen molar-refractivity contribution in [3.63, 3.8) is 0 Å². The van der Waals surface area contributed by atoms with E-state index in [2.05, 4.69) is 0 Å². The zero-order valence-corrected chi connectivity index (χ0v) is 9.76. The molecule has 1 aliphatic heterocycles. The third-order valence-corrected chi connectivity index (χ3v) is 3.91. The van der Waals surface area contributed by atoms with Gasteiger partial charge in [0, 0.05) is 24.2 Å². The second-order valence-electron chi connectivity index (χ2n) is 3.84. The predicted molar refractivity (Wildman–Crippen MR) is 62.7 cm³/mol. The summed E-state index contributed by atoms with van der Waals surface area (Å²) in [6, 6.07) is 4.56. The van der Waals surface area contributed by atoms with Crippen LogP contribution in [0, 0.1) is 5.82 Å². The summed E-state index contributed by atoms with van der Waals surface area (Å²) in [5.74, 6) is -0.284. The summed E-state index contributed by atoms with van der Waals surface area (Å²) in [5, 5.41) is -0.164. The van der Waals surface area contributed by atoms with E-state index in [1.165, 1.54) is 17.8 Å². The van der Waals surface area contributed by atoms with E-state index >= 15 is 0 Å². The lowest BCUT2D eigenvalue weighted by molar-refractivity contribution is -0.126. The molecule has 1 aliphatic rings. The summed E-state index contributed by atoms with van der Waals surface area (Å²) in [5.41, 5.74) is 5.86. The van der Waals surface area contributed by atoms with Crippen LogP contribution in [0.3, 0.4) is 0 Å². The summed E-state index contributed by atoms with van der Waals surface area (Å²) in [7, 11) is 1.77. The Morgan fingerprint density at radius 2 is 2.31 bits per heavy atom. The van der Waals surface area contributed by atoms with Crippen molar-refractivity contribution in [3.8, 4) is 0 Å². The Hall–Kier alpha value is -1.23. The first-order chi connectivity index (χ1) is 7.58. The summed E-state index contributed by atoms with van der Waals surface area (Å²) < 4.78 is 13.5. The van der Waals surface area contributed by atoms with Crippen molar-refractivity contribution in [3.05, 3.63) is 24.0 Å². The molecule has 16 heavy (non-hydrogen) atoms. The molecule has 0 aromatic heterocycles. The molecule has 3 nitrogen and oxygen atoms in total. The molecule has 1 fully saturated rings. The quantitative estimate of drug-likeness (QED) is 0.801. The molecule has 1 aromatic carbocycles. The number of hydrogen-bond donors (Lipinski definition) is 1. The highest BCUT2D eigenvalue weighted by molar-refractivity contribution is 8.00. The fourth-order valence-electron chi connectivity index (χ4n) is 1.67. The molecule has 1 aromatic rings. The molecule has 5 heteroatoms. The van der Waals surface area contributed by atoms with Crippen molar-refractivity contribution in [2.24, 2.45) is 0 Å². The topological polar surface area (TPSA) is 46.3 Å². The Bertz CT molecular complexity index is 424. The van der Waals surface area contributed by atoms with Gasteiger partial charge in [-0.3, -0.25) is 4.79 Å². The molecule has 2 N–H and O–H groups in total. The lowest BCUT2D eigenvalue weighted by Gasteiger charge is -2.10. The number of likely N-dealkylation sites (tertiary alicyclic amines) is 1. The second-order valence-corrected chi connectivity index (χ2v) is 5.09. The van der Waals surface area contributed by atoms with Gasteiger partial charge in [-0.25, -0.2) is 4.39 Å². The number of nitrogen functional groups attached to an aromatic ring is 1. The van der Waals surface area contributed by atoms with Crippen LogP contribution in [0.25, 0.3) is 0 Å². The van der Waals surface area contributed by atoms with Crippen molar-refractivity contribution >= 4 is 23.4 Å². The van der Waals surface area contributed by atoms with E-state index in [0.717, 1.165) is 13.0 Å². The lowest BCUT2D eigenvalue weighted by atomic mass is 10.3. The molecule has 0 saturated carbocycles. The number of nitrogens with zero attached hydrogens (tertiary/aromatic N) is 1. The summed E-state index contributed by atoms with van der Waals surface area (Å²) >= 11 is 1.28. The van der Waals surface area contributed by atoms with Gasteiger partial charge in [0.25, 0.3) is 0 Å². The minimum atomic E-state index is -0.354. The van der Waals surface area contributed by atoms with Crippen LogP contribution in [0.15, 0.2) is 23.1 Å². The summed E-state index contributed by atoms with van der Waals surface area (Å²) in [4.78, 5) is 13.8. The number of benzene rings is 1. The number of thioether (sulfide) groups is 1. The highest BCUT2D eigenvalue weighted by atomic mass is 32.2. The van der Waals surface area contributed by atoms with Gasteiger partial charge in [0.1, 0.15) is 5.82 Å². The molecule has 0 aliphatic carbocycles. The van der Waals surface area contributed by atoms with E-state index in [1.54, 1.807) is 24.1 Å². The van der Waals surface area contributed by atoms with Crippen molar-refractivity contribution in [2.75, 3.05) is 19.3 Å². The van der Waals surface area contributed by atoms with Gasteiger partial charge in [-0.05, 0) is 24.6 Å². The zero-order chi connectivity index (χ0) is 11.7. The van der Waals surface area contributed by atoms with Crippen LogP contribution >= 0.6 is 11.8 Å². The molecular formula is C11H13FN2OS. The molecule has 1 atom stereocenters.